The van der Waals surface area contributed by atoms with Crippen LogP contribution in [0.3, 0.4) is 0 Å². The van der Waals surface area contributed by atoms with E-state index < -0.39 is 0 Å². The molecular formula is C27H27N3O2. The van der Waals surface area contributed by atoms with Gasteiger partial charge in [0, 0.05) is 24.6 Å². The number of carbonyl (C=O) groups is 1. The smallest absolute Gasteiger partial charge is 0.227 e. The van der Waals surface area contributed by atoms with Crippen LogP contribution < -0.4 is 9.64 Å². The number of anilines is 1. The van der Waals surface area contributed by atoms with E-state index in [9.17, 15) is 4.79 Å². The third-order valence-corrected chi connectivity index (χ3v) is 6.12. The average molecular weight is 426 g/mol. The average Bonchev–Trinajstić information content (AvgIpc) is 3.36. The van der Waals surface area contributed by atoms with Gasteiger partial charge in [0.25, 0.3) is 0 Å². The lowest BCUT2D eigenvalue weighted by Gasteiger charge is -2.18. The normalized spacial score (nSPS) is 16.1. The van der Waals surface area contributed by atoms with Gasteiger partial charge in [-0.3, -0.25) is 4.79 Å². The van der Waals surface area contributed by atoms with E-state index >= 15 is 0 Å². The van der Waals surface area contributed by atoms with E-state index in [4.69, 9.17) is 9.72 Å². The van der Waals surface area contributed by atoms with Crippen molar-refractivity contribution in [1.29, 1.82) is 0 Å². The van der Waals surface area contributed by atoms with E-state index in [1.807, 2.05) is 59.5 Å². The zero-order valence-corrected chi connectivity index (χ0v) is 18.5. The number of hydrogen-bond acceptors (Lipinski definition) is 3. The van der Waals surface area contributed by atoms with Crippen LogP contribution >= 0.6 is 0 Å². The van der Waals surface area contributed by atoms with E-state index in [1.54, 1.807) is 0 Å². The molecule has 32 heavy (non-hydrogen) atoms. The molecule has 0 bridgehead atoms. The number of para-hydroxylation sites is 2. The first-order chi connectivity index (χ1) is 15.6. The third kappa shape index (κ3) is 3.98. The molecule has 5 nitrogen and oxygen atoms in total. The van der Waals surface area contributed by atoms with Crippen LogP contribution in [0.5, 0.6) is 5.75 Å². The summed E-state index contributed by atoms with van der Waals surface area (Å²) in [6.07, 6.45) is 0.468. The highest BCUT2D eigenvalue weighted by Crippen LogP contribution is 2.33. The third-order valence-electron chi connectivity index (χ3n) is 6.12. The van der Waals surface area contributed by atoms with Crippen LogP contribution in [-0.4, -0.2) is 28.6 Å². The van der Waals surface area contributed by atoms with Crippen LogP contribution in [0.25, 0.3) is 11.0 Å². The summed E-state index contributed by atoms with van der Waals surface area (Å²) in [5.41, 5.74) is 5.39. The van der Waals surface area contributed by atoms with Gasteiger partial charge in [-0.1, -0.05) is 47.5 Å². The van der Waals surface area contributed by atoms with Crippen LogP contribution in [-0.2, 0) is 11.3 Å². The molecule has 2 heterocycles. The summed E-state index contributed by atoms with van der Waals surface area (Å²) in [5.74, 6) is 2.02. The number of imidazole rings is 1. The number of carbonyl (C=O) groups excluding carboxylic acids is 1. The Morgan fingerprint density at radius 1 is 0.938 bits per heavy atom. The Morgan fingerprint density at radius 3 is 2.38 bits per heavy atom. The molecule has 0 unspecified atom stereocenters. The molecule has 1 atom stereocenters. The molecule has 1 fully saturated rings. The number of nitrogens with zero attached hydrogens (tertiary/aromatic N) is 3. The lowest BCUT2D eigenvalue weighted by Crippen LogP contribution is -2.24. The van der Waals surface area contributed by atoms with Gasteiger partial charge >= 0.3 is 0 Å². The van der Waals surface area contributed by atoms with Crippen LogP contribution in [0.4, 0.5) is 5.69 Å². The first-order valence-electron chi connectivity index (χ1n) is 11.1. The second-order valence-electron chi connectivity index (χ2n) is 8.51. The topological polar surface area (TPSA) is 47.4 Å². The van der Waals surface area contributed by atoms with Crippen LogP contribution in [0.15, 0.2) is 72.8 Å². The maximum Gasteiger partial charge on any atom is 0.227 e. The van der Waals surface area contributed by atoms with Crippen LogP contribution in [0.1, 0.15) is 29.3 Å². The van der Waals surface area contributed by atoms with Crippen molar-refractivity contribution in [3.8, 4) is 5.75 Å². The van der Waals surface area contributed by atoms with Crippen LogP contribution in [0, 0.1) is 13.8 Å². The van der Waals surface area contributed by atoms with Crippen molar-refractivity contribution in [2.24, 2.45) is 0 Å². The molecule has 0 spiro atoms. The van der Waals surface area contributed by atoms with Crippen molar-refractivity contribution in [3.05, 3.63) is 89.7 Å². The quantitative estimate of drug-likeness (QED) is 0.424. The van der Waals surface area contributed by atoms with Gasteiger partial charge in [0.05, 0.1) is 17.6 Å². The molecule has 162 valence electrons. The van der Waals surface area contributed by atoms with Gasteiger partial charge in [-0.15, -0.1) is 0 Å². The van der Waals surface area contributed by atoms with E-state index in [-0.39, 0.29) is 11.8 Å². The second-order valence-corrected chi connectivity index (χ2v) is 8.51. The Balaban J connectivity index is 1.39. The lowest BCUT2D eigenvalue weighted by molar-refractivity contribution is -0.117. The van der Waals surface area contributed by atoms with Gasteiger partial charge in [-0.2, -0.15) is 0 Å². The molecule has 1 amide bonds. The summed E-state index contributed by atoms with van der Waals surface area (Å²) < 4.78 is 8.22. The Hall–Kier alpha value is -3.60. The first kappa shape index (κ1) is 20.3. The number of fused-ring (bicyclic) bond motifs is 1. The van der Waals surface area contributed by atoms with Gasteiger partial charge in [0.15, 0.2) is 0 Å². The fourth-order valence-corrected chi connectivity index (χ4v) is 4.38. The number of hydrogen-bond donors (Lipinski definition) is 0. The molecule has 5 heteroatoms. The summed E-state index contributed by atoms with van der Waals surface area (Å²) in [4.78, 5) is 19.7. The Bertz CT molecular complexity index is 1240. The fraction of sp³-hybridized carbons (Fsp3) is 0.259. The molecule has 3 aromatic carbocycles. The minimum atomic E-state index is 0.0515. The monoisotopic (exact) mass is 425 g/mol. The number of ether oxygens (including phenoxy) is 1. The number of benzene rings is 3. The Morgan fingerprint density at radius 2 is 1.62 bits per heavy atom. The zero-order chi connectivity index (χ0) is 22.1. The van der Waals surface area contributed by atoms with Gasteiger partial charge in [0.2, 0.25) is 5.91 Å². The molecule has 0 N–H and O–H groups in total. The first-order valence-corrected chi connectivity index (χ1v) is 11.1. The van der Waals surface area contributed by atoms with Crippen molar-refractivity contribution >= 4 is 22.6 Å². The van der Waals surface area contributed by atoms with Gasteiger partial charge in [0.1, 0.15) is 18.2 Å². The fourth-order valence-electron chi connectivity index (χ4n) is 4.38. The minimum absolute atomic E-state index is 0.0515. The maximum absolute atomic E-state index is 12.9. The molecule has 4 aromatic rings. The van der Waals surface area contributed by atoms with Gasteiger partial charge < -0.3 is 14.2 Å². The SMILES string of the molecule is Cc1ccc(OCCn2c([C@H]3CC(=O)N(c4ccc(C)cc4)C3)nc3ccccc32)cc1. The Kier molecular flexibility index (Phi) is 5.39. The summed E-state index contributed by atoms with van der Waals surface area (Å²) in [7, 11) is 0. The molecule has 1 aliphatic heterocycles. The summed E-state index contributed by atoms with van der Waals surface area (Å²) in [5, 5.41) is 0. The molecule has 0 aliphatic carbocycles. The van der Waals surface area contributed by atoms with E-state index in [0.29, 0.717) is 26.1 Å². The van der Waals surface area contributed by atoms with Crippen molar-refractivity contribution in [2.45, 2.75) is 32.7 Å². The Labute approximate surface area is 188 Å². The highest BCUT2D eigenvalue weighted by atomic mass is 16.5. The highest BCUT2D eigenvalue weighted by Gasteiger charge is 2.34. The number of aryl methyl sites for hydroxylation is 2. The molecule has 1 saturated heterocycles. The summed E-state index contributed by atoms with van der Waals surface area (Å²) >= 11 is 0. The molecule has 5 rings (SSSR count). The molecule has 1 aliphatic rings. The van der Waals surface area contributed by atoms with Crippen molar-refractivity contribution in [2.75, 3.05) is 18.1 Å². The van der Waals surface area contributed by atoms with E-state index in [2.05, 4.69) is 36.6 Å². The van der Waals surface area contributed by atoms with Crippen LogP contribution in [0.2, 0.25) is 0 Å². The predicted octanol–water partition coefficient (Wildman–Crippen LogP) is 5.25. The summed E-state index contributed by atoms with van der Waals surface area (Å²) in [6, 6.07) is 24.4. The van der Waals surface area contributed by atoms with Gasteiger partial charge in [-0.25, -0.2) is 4.98 Å². The molecule has 1 aromatic heterocycles. The lowest BCUT2D eigenvalue weighted by atomic mass is 10.1. The second kappa shape index (κ2) is 8.50. The minimum Gasteiger partial charge on any atom is -0.492 e. The van der Waals surface area contributed by atoms with Crippen molar-refractivity contribution < 1.29 is 9.53 Å². The largest absolute Gasteiger partial charge is 0.492 e. The van der Waals surface area contributed by atoms with Crippen molar-refractivity contribution in [1.82, 2.24) is 9.55 Å². The molecular weight excluding hydrogens is 398 g/mol. The number of amides is 1. The number of aromatic nitrogens is 2. The predicted molar refractivity (Wildman–Crippen MR) is 127 cm³/mol. The molecule has 0 radical (unpaired) electrons. The maximum atomic E-state index is 12.9. The molecule has 0 saturated carbocycles. The zero-order valence-electron chi connectivity index (χ0n) is 18.5. The van der Waals surface area contributed by atoms with Crippen molar-refractivity contribution in [3.63, 3.8) is 0 Å². The highest BCUT2D eigenvalue weighted by molar-refractivity contribution is 5.96. The van der Waals surface area contributed by atoms with E-state index in [0.717, 1.165) is 28.3 Å². The van der Waals surface area contributed by atoms with Gasteiger partial charge in [-0.05, 0) is 50.2 Å². The summed E-state index contributed by atoms with van der Waals surface area (Å²) in [6.45, 7) is 5.98. The van der Waals surface area contributed by atoms with E-state index in [1.165, 1.54) is 11.1 Å². The standard InChI is InChI=1S/C27H27N3O2/c1-19-7-11-22(12-8-19)30-18-21(17-26(30)31)27-28-24-5-3-4-6-25(24)29(27)15-16-32-23-13-9-20(2)10-14-23/h3-14,21H,15-18H2,1-2H3/t21-/m0/s1. The number of rotatable bonds is 6.